The van der Waals surface area contributed by atoms with Gasteiger partial charge >= 0.3 is 0 Å². The summed E-state index contributed by atoms with van der Waals surface area (Å²) in [6, 6.07) is 15.4. The van der Waals surface area contributed by atoms with Crippen LogP contribution in [0.1, 0.15) is 32.1 Å². The zero-order valence-corrected chi connectivity index (χ0v) is 18.0. The maximum atomic E-state index is 13.7. The highest BCUT2D eigenvalue weighted by molar-refractivity contribution is 6.05. The van der Waals surface area contributed by atoms with Crippen molar-refractivity contribution in [3.05, 3.63) is 64.7 Å². The van der Waals surface area contributed by atoms with Gasteiger partial charge in [-0.05, 0) is 44.5 Å². The van der Waals surface area contributed by atoms with Crippen molar-refractivity contribution in [3.63, 3.8) is 0 Å². The molecule has 7 heteroatoms. The van der Waals surface area contributed by atoms with E-state index in [0.717, 1.165) is 23.1 Å². The van der Waals surface area contributed by atoms with E-state index < -0.39 is 0 Å². The Labute approximate surface area is 179 Å². The molecule has 0 bridgehead atoms. The molecule has 0 fully saturated rings. The van der Waals surface area contributed by atoms with Gasteiger partial charge in [0.15, 0.2) is 11.3 Å². The summed E-state index contributed by atoms with van der Waals surface area (Å²) in [7, 11) is 1.63. The molecule has 3 heterocycles. The lowest BCUT2D eigenvalue weighted by molar-refractivity contribution is 0.414. The Morgan fingerprint density at radius 2 is 1.74 bits per heavy atom. The van der Waals surface area contributed by atoms with Gasteiger partial charge in [0.05, 0.1) is 23.8 Å². The van der Waals surface area contributed by atoms with E-state index in [9.17, 15) is 4.79 Å². The fourth-order valence-electron chi connectivity index (χ4n) is 4.11. The van der Waals surface area contributed by atoms with Crippen molar-refractivity contribution in [1.29, 1.82) is 0 Å². The fraction of sp³-hybridized carbons (Fsp3) is 0.250. The van der Waals surface area contributed by atoms with E-state index in [1.165, 1.54) is 0 Å². The Morgan fingerprint density at radius 3 is 2.45 bits per heavy atom. The Kier molecular flexibility index (Phi) is 4.46. The topological polar surface area (TPSA) is 74.8 Å². The van der Waals surface area contributed by atoms with Crippen LogP contribution in [0.2, 0.25) is 0 Å². The number of aryl methyl sites for hydroxylation is 1. The van der Waals surface area contributed by atoms with Crippen molar-refractivity contribution in [1.82, 2.24) is 24.1 Å². The average Bonchev–Trinajstić information content (AvgIpc) is 3.10. The first kappa shape index (κ1) is 19.2. The predicted octanol–water partition coefficient (Wildman–Crippen LogP) is 4.57. The molecular formula is C24H23N5O2. The Balaban J connectivity index is 2.01. The van der Waals surface area contributed by atoms with Gasteiger partial charge in [0, 0.05) is 12.1 Å². The van der Waals surface area contributed by atoms with Gasteiger partial charge < -0.3 is 4.74 Å². The molecule has 5 rings (SSSR count). The number of para-hydroxylation sites is 2. The van der Waals surface area contributed by atoms with E-state index in [2.05, 4.69) is 6.92 Å². The van der Waals surface area contributed by atoms with E-state index >= 15 is 0 Å². The Bertz CT molecular complexity index is 1520. The van der Waals surface area contributed by atoms with Crippen molar-refractivity contribution >= 4 is 33.2 Å². The molecule has 0 radical (unpaired) electrons. The van der Waals surface area contributed by atoms with E-state index in [1.807, 2.05) is 66.9 Å². The highest BCUT2D eigenvalue weighted by atomic mass is 16.5. The van der Waals surface area contributed by atoms with Crippen LogP contribution in [0.25, 0.3) is 38.9 Å². The van der Waals surface area contributed by atoms with Crippen molar-refractivity contribution in [2.75, 3.05) is 7.11 Å². The third-order valence-corrected chi connectivity index (χ3v) is 5.83. The predicted molar refractivity (Wildman–Crippen MR) is 122 cm³/mol. The highest BCUT2D eigenvalue weighted by Gasteiger charge is 2.23. The number of hydrogen-bond acceptors (Lipinski definition) is 5. The third-order valence-electron chi connectivity index (χ3n) is 5.83. The first-order valence-corrected chi connectivity index (χ1v) is 10.4. The molecule has 7 nitrogen and oxygen atoms in total. The summed E-state index contributed by atoms with van der Waals surface area (Å²) in [6.07, 6.45) is 0.830. The number of nitrogens with zero attached hydrogens (tertiary/aromatic N) is 5. The normalized spacial score (nSPS) is 12.6. The lowest BCUT2D eigenvalue weighted by Crippen LogP contribution is -2.26. The van der Waals surface area contributed by atoms with Crippen LogP contribution in [0.3, 0.4) is 0 Å². The second kappa shape index (κ2) is 7.19. The molecule has 5 aromatic rings. The smallest absolute Gasteiger partial charge is 0.265 e. The second-order valence-corrected chi connectivity index (χ2v) is 7.71. The number of hydrogen-bond donors (Lipinski definition) is 0. The van der Waals surface area contributed by atoms with Crippen LogP contribution < -0.4 is 10.3 Å². The van der Waals surface area contributed by atoms with Crippen LogP contribution in [0.4, 0.5) is 0 Å². The first-order chi connectivity index (χ1) is 15.0. The highest BCUT2D eigenvalue weighted by Crippen LogP contribution is 2.30. The number of benzene rings is 2. The van der Waals surface area contributed by atoms with Gasteiger partial charge in [-0.1, -0.05) is 25.1 Å². The van der Waals surface area contributed by atoms with Gasteiger partial charge in [0.1, 0.15) is 22.5 Å². The maximum absolute atomic E-state index is 13.7. The molecule has 0 amide bonds. The van der Waals surface area contributed by atoms with E-state index in [-0.39, 0.29) is 11.6 Å². The van der Waals surface area contributed by atoms with E-state index in [1.54, 1.807) is 11.7 Å². The summed E-state index contributed by atoms with van der Waals surface area (Å²) in [5, 5.41) is 0.488. The van der Waals surface area contributed by atoms with Gasteiger partial charge in [-0.15, -0.1) is 0 Å². The summed E-state index contributed by atoms with van der Waals surface area (Å²) in [6.45, 7) is 5.97. The molecular weight excluding hydrogens is 390 g/mol. The van der Waals surface area contributed by atoms with Gasteiger partial charge in [-0.2, -0.15) is 0 Å². The van der Waals surface area contributed by atoms with Crippen LogP contribution in [-0.2, 0) is 0 Å². The standard InChI is InChI=1S/C24H23N5O2/c1-5-14(2)28-15(3)25-22-20(24(28)30)21-23(27-19-12-7-6-11-18(19)26-21)29(22)16-9-8-10-17(13-16)31-4/h6-14H,5H2,1-4H3. The molecule has 1 unspecified atom stereocenters. The third kappa shape index (κ3) is 2.88. The van der Waals surface area contributed by atoms with Crippen molar-refractivity contribution < 1.29 is 4.74 Å². The average molecular weight is 413 g/mol. The van der Waals surface area contributed by atoms with Crippen LogP contribution in [0, 0.1) is 6.92 Å². The molecule has 3 aromatic heterocycles. The summed E-state index contributed by atoms with van der Waals surface area (Å²) in [5.41, 5.74) is 3.96. The maximum Gasteiger partial charge on any atom is 0.265 e. The zero-order chi connectivity index (χ0) is 21.7. The second-order valence-electron chi connectivity index (χ2n) is 7.71. The van der Waals surface area contributed by atoms with Gasteiger partial charge in [-0.25, -0.2) is 15.0 Å². The molecule has 0 saturated carbocycles. The largest absolute Gasteiger partial charge is 0.497 e. The molecule has 31 heavy (non-hydrogen) atoms. The molecule has 0 N–H and O–H groups in total. The minimum absolute atomic E-state index is 0.0352. The molecule has 1 atom stereocenters. The number of methoxy groups -OCH3 is 1. The van der Waals surface area contributed by atoms with Gasteiger partial charge in [0.25, 0.3) is 5.56 Å². The van der Waals surface area contributed by atoms with Crippen LogP contribution in [-0.4, -0.2) is 31.2 Å². The summed E-state index contributed by atoms with van der Waals surface area (Å²) in [5.74, 6) is 1.38. The SMILES string of the molecule is CCC(C)n1c(C)nc2c(c1=O)c1nc3ccccc3nc1n2-c1cccc(OC)c1. The summed E-state index contributed by atoms with van der Waals surface area (Å²) < 4.78 is 9.09. The molecule has 0 aliphatic carbocycles. The number of rotatable bonds is 4. The minimum Gasteiger partial charge on any atom is -0.497 e. The molecule has 2 aromatic carbocycles. The lowest BCUT2D eigenvalue weighted by atomic mass is 10.2. The van der Waals surface area contributed by atoms with Crippen LogP contribution in [0.5, 0.6) is 5.75 Å². The van der Waals surface area contributed by atoms with Gasteiger partial charge in [-0.3, -0.25) is 13.9 Å². The fourth-order valence-corrected chi connectivity index (χ4v) is 4.11. The number of aromatic nitrogens is 5. The van der Waals surface area contributed by atoms with Crippen molar-refractivity contribution in [3.8, 4) is 11.4 Å². The number of ether oxygens (including phenoxy) is 1. The van der Waals surface area contributed by atoms with Gasteiger partial charge in [0.2, 0.25) is 0 Å². The Morgan fingerprint density at radius 1 is 1.00 bits per heavy atom. The van der Waals surface area contributed by atoms with E-state index in [4.69, 9.17) is 19.7 Å². The molecule has 156 valence electrons. The monoisotopic (exact) mass is 413 g/mol. The number of fused-ring (bicyclic) bond motifs is 4. The lowest BCUT2D eigenvalue weighted by Gasteiger charge is -2.16. The summed E-state index contributed by atoms with van der Waals surface area (Å²) in [4.78, 5) is 28.3. The quantitative estimate of drug-likeness (QED) is 0.431. The molecule has 0 aliphatic heterocycles. The van der Waals surface area contributed by atoms with Crippen LogP contribution >= 0.6 is 0 Å². The molecule has 0 spiro atoms. The molecule has 0 saturated heterocycles. The molecule has 0 aliphatic rings. The first-order valence-electron chi connectivity index (χ1n) is 10.4. The van der Waals surface area contributed by atoms with E-state index in [0.29, 0.717) is 33.8 Å². The minimum atomic E-state index is -0.0897. The Hall–Kier alpha value is -3.74. The van der Waals surface area contributed by atoms with Crippen molar-refractivity contribution in [2.45, 2.75) is 33.2 Å². The van der Waals surface area contributed by atoms with Crippen molar-refractivity contribution in [2.24, 2.45) is 0 Å². The van der Waals surface area contributed by atoms with Crippen LogP contribution in [0.15, 0.2) is 53.3 Å². The zero-order valence-electron chi connectivity index (χ0n) is 18.0. The summed E-state index contributed by atoms with van der Waals surface area (Å²) >= 11 is 0.